The van der Waals surface area contributed by atoms with Gasteiger partial charge in [0, 0.05) is 18.1 Å². The molecule has 1 aromatic carbocycles. The third-order valence-electron chi connectivity index (χ3n) is 3.24. The summed E-state index contributed by atoms with van der Waals surface area (Å²) in [5, 5.41) is 10.4. The Morgan fingerprint density at radius 2 is 1.90 bits per heavy atom. The summed E-state index contributed by atoms with van der Waals surface area (Å²) < 4.78 is 3.14. The van der Waals surface area contributed by atoms with Crippen molar-refractivity contribution in [2.75, 3.05) is 0 Å². The number of benzene rings is 1. The van der Waals surface area contributed by atoms with E-state index in [4.69, 9.17) is 11.6 Å². The van der Waals surface area contributed by atoms with Gasteiger partial charge in [-0.15, -0.1) is 0 Å². The number of rotatable bonds is 2. The average molecular weight is 289 g/mol. The Balaban J connectivity index is 2.45. The zero-order valence-electron chi connectivity index (χ0n) is 10.8. The smallest absolute Gasteiger partial charge is 0.281 e. The lowest BCUT2D eigenvalue weighted by Crippen LogP contribution is -2.25. The zero-order valence-corrected chi connectivity index (χ0v) is 11.6. The third kappa shape index (κ3) is 1.94. The van der Waals surface area contributed by atoms with Crippen LogP contribution in [0.4, 0.5) is 0 Å². The molecule has 1 atom stereocenters. The van der Waals surface area contributed by atoms with Crippen molar-refractivity contribution in [3.63, 3.8) is 0 Å². The number of aliphatic hydroxyl groups excluding tert-OH is 1. The number of hydrogen-bond donors (Lipinski definition) is 1. The predicted octanol–water partition coefficient (Wildman–Crippen LogP) is 2.80. The highest BCUT2D eigenvalue weighted by Crippen LogP contribution is 2.20. The second-order valence-electron chi connectivity index (χ2n) is 4.63. The van der Waals surface area contributed by atoms with Crippen molar-refractivity contribution in [1.82, 2.24) is 8.97 Å². The largest absolute Gasteiger partial charge is 0.387 e. The molecule has 0 amide bonds. The van der Waals surface area contributed by atoms with E-state index in [9.17, 15) is 9.90 Å². The summed E-state index contributed by atoms with van der Waals surface area (Å²) in [6, 6.07) is 10.9. The summed E-state index contributed by atoms with van der Waals surface area (Å²) >= 11 is 6.07. The van der Waals surface area contributed by atoms with Crippen molar-refractivity contribution in [1.29, 1.82) is 0 Å². The number of halogens is 1. The molecule has 0 bridgehead atoms. The van der Waals surface area contributed by atoms with Gasteiger partial charge in [0.1, 0.15) is 5.52 Å². The summed E-state index contributed by atoms with van der Waals surface area (Å²) in [4.78, 5) is 12.7. The van der Waals surface area contributed by atoms with Crippen LogP contribution in [0.1, 0.15) is 18.7 Å². The van der Waals surface area contributed by atoms with Gasteiger partial charge in [0.05, 0.1) is 16.8 Å². The topological polar surface area (TPSA) is 46.6 Å². The minimum absolute atomic E-state index is 0.246. The Hall–Kier alpha value is -2.04. The van der Waals surface area contributed by atoms with E-state index in [1.54, 1.807) is 29.8 Å². The molecule has 3 aromatic rings. The molecule has 0 aliphatic rings. The fourth-order valence-electron chi connectivity index (χ4n) is 2.30. The second-order valence-corrected chi connectivity index (χ2v) is 5.03. The molecular formula is C15H13ClN2O2. The molecule has 2 heterocycles. The molecule has 0 spiro atoms. The van der Waals surface area contributed by atoms with Crippen molar-refractivity contribution < 1.29 is 5.11 Å². The van der Waals surface area contributed by atoms with Gasteiger partial charge in [0.25, 0.3) is 5.56 Å². The number of fused-ring (bicyclic) bond motifs is 1. The molecule has 0 saturated carbocycles. The van der Waals surface area contributed by atoms with E-state index >= 15 is 0 Å². The molecule has 5 heteroatoms. The molecule has 20 heavy (non-hydrogen) atoms. The molecule has 1 N–H and O–H groups in total. The lowest BCUT2D eigenvalue weighted by atomic mass is 10.2. The molecule has 0 aliphatic heterocycles. The van der Waals surface area contributed by atoms with Crippen LogP contribution in [-0.4, -0.2) is 14.1 Å². The van der Waals surface area contributed by atoms with Crippen LogP contribution in [0.25, 0.3) is 11.2 Å². The fourth-order valence-corrected chi connectivity index (χ4v) is 2.54. The van der Waals surface area contributed by atoms with Gasteiger partial charge in [-0.2, -0.15) is 0 Å². The Morgan fingerprint density at radius 1 is 1.20 bits per heavy atom. The Labute approximate surface area is 120 Å². The first-order chi connectivity index (χ1) is 9.59. The Bertz CT molecular complexity index is 819. The van der Waals surface area contributed by atoms with Crippen molar-refractivity contribution in [2.45, 2.75) is 13.0 Å². The number of aromatic nitrogens is 2. The molecular weight excluding hydrogens is 276 g/mol. The second kappa shape index (κ2) is 4.81. The van der Waals surface area contributed by atoms with Gasteiger partial charge >= 0.3 is 0 Å². The van der Waals surface area contributed by atoms with Crippen LogP contribution in [0.5, 0.6) is 0 Å². The van der Waals surface area contributed by atoms with Crippen molar-refractivity contribution >= 4 is 17.1 Å². The van der Waals surface area contributed by atoms with E-state index < -0.39 is 6.10 Å². The maximum atomic E-state index is 12.7. The standard InChI is InChI=1S/C15H13ClN2O2/c1-10(19)13-9-17-8-7-12(16)14(17)15(20)18(13)11-5-3-2-4-6-11/h2-10,19H,1H3. The molecule has 0 fully saturated rings. The van der Waals surface area contributed by atoms with E-state index in [0.717, 1.165) is 0 Å². The number of para-hydroxylation sites is 1. The van der Waals surface area contributed by atoms with E-state index in [1.807, 2.05) is 30.3 Å². The van der Waals surface area contributed by atoms with Gasteiger partial charge in [-0.05, 0) is 25.1 Å². The Morgan fingerprint density at radius 3 is 2.55 bits per heavy atom. The maximum Gasteiger partial charge on any atom is 0.281 e. The molecule has 2 aromatic heterocycles. The molecule has 4 nitrogen and oxygen atoms in total. The van der Waals surface area contributed by atoms with Crippen LogP contribution in [0.15, 0.2) is 53.6 Å². The summed E-state index contributed by atoms with van der Waals surface area (Å²) in [7, 11) is 0. The highest BCUT2D eigenvalue weighted by molar-refractivity contribution is 6.33. The number of nitrogens with zero attached hydrogens (tertiary/aromatic N) is 2. The van der Waals surface area contributed by atoms with E-state index in [1.165, 1.54) is 4.57 Å². The highest BCUT2D eigenvalue weighted by atomic mass is 35.5. The maximum absolute atomic E-state index is 12.7. The fraction of sp³-hybridized carbons (Fsp3) is 0.133. The quantitative estimate of drug-likeness (QED) is 0.788. The van der Waals surface area contributed by atoms with Gasteiger partial charge in [-0.1, -0.05) is 29.8 Å². The SMILES string of the molecule is CC(O)c1cn2ccc(Cl)c2c(=O)n1-c1ccccc1. The molecule has 0 aliphatic carbocycles. The average Bonchev–Trinajstić information content (AvgIpc) is 2.81. The minimum Gasteiger partial charge on any atom is -0.387 e. The number of aliphatic hydroxyl groups is 1. The van der Waals surface area contributed by atoms with Crippen LogP contribution >= 0.6 is 11.6 Å². The monoisotopic (exact) mass is 288 g/mol. The minimum atomic E-state index is -0.770. The highest BCUT2D eigenvalue weighted by Gasteiger charge is 2.16. The van der Waals surface area contributed by atoms with Gasteiger partial charge in [-0.25, -0.2) is 0 Å². The predicted molar refractivity (Wildman–Crippen MR) is 78.6 cm³/mol. The summed E-state index contributed by atoms with van der Waals surface area (Å²) in [5.41, 5.74) is 1.37. The summed E-state index contributed by atoms with van der Waals surface area (Å²) in [5.74, 6) is 0. The first-order valence-electron chi connectivity index (χ1n) is 6.25. The summed E-state index contributed by atoms with van der Waals surface area (Å²) in [6.45, 7) is 1.63. The molecule has 1 unspecified atom stereocenters. The molecule has 102 valence electrons. The number of hydrogen-bond acceptors (Lipinski definition) is 2. The van der Waals surface area contributed by atoms with Crippen LogP contribution in [0.3, 0.4) is 0 Å². The summed E-state index contributed by atoms with van der Waals surface area (Å²) in [6.07, 6.45) is 2.66. The first kappa shape index (κ1) is 13.0. The van der Waals surface area contributed by atoms with Crippen molar-refractivity contribution in [2.24, 2.45) is 0 Å². The van der Waals surface area contributed by atoms with E-state index in [2.05, 4.69) is 0 Å². The van der Waals surface area contributed by atoms with Gasteiger partial charge in [0.2, 0.25) is 0 Å². The molecule has 0 radical (unpaired) electrons. The first-order valence-corrected chi connectivity index (χ1v) is 6.63. The van der Waals surface area contributed by atoms with E-state index in [0.29, 0.717) is 21.9 Å². The Kier molecular flexibility index (Phi) is 3.12. The molecule has 0 saturated heterocycles. The molecule has 3 rings (SSSR count). The van der Waals surface area contributed by atoms with Crippen LogP contribution < -0.4 is 5.56 Å². The lowest BCUT2D eigenvalue weighted by Gasteiger charge is -2.16. The van der Waals surface area contributed by atoms with Crippen LogP contribution in [-0.2, 0) is 0 Å². The van der Waals surface area contributed by atoms with Crippen LogP contribution in [0.2, 0.25) is 5.02 Å². The van der Waals surface area contributed by atoms with Gasteiger partial charge in [0.15, 0.2) is 0 Å². The third-order valence-corrected chi connectivity index (χ3v) is 3.55. The van der Waals surface area contributed by atoms with Crippen LogP contribution in [0, 0.1) is 0 Å². The van der Waals surface area contributed by atoms with Gasteiger partial charge < -0.3 is 9.51 Å². The van der Waals surface area contributed by atoms with E-state index in [-0.39, 0.29) is 5.56 Å². The van der Waals surface area contributed by atoms with Crippen molar-refractivity contribution in [3.05, 3.63) is 69.9 Å². The normalized spacial score (nSPS) is 12.8. The van der Waals surface area contributed by atoms with Gasteiger partial charge in [-0.3, -0.25) is 9.36 Å². The lowest BCUT2D eigenvalue weighted by molar-refractivity contribution is 0.190. The van der Waals surface area contributed by atoms with Crippen molar-refractivity contribution in [3.8, 4) is 5.69 Å². The zero-order chi connectivity index (χ0) is 14.3.